The Bertz CT molecular complexity index is 1160. The van der Waals surface area contributed by atoms with Gasteiger partial charge >= 0.3 is 5.63 Å². The van der Waals surface area contributed by atoms with Crippen LogP contribution in [0, 0.1) is 0 Å². The highest BCUT2D eigenvalue weighted by atomic mass is 16.4. The highest BCUT2D eigenvalue weighted by Crippen LogP contribution is 2.21. The average Bonchev–Trinajstić information content (AvgIpc) is 3.06. The van der Waals surface area contributed by atoms with Gasteiger partial charge < -0.3 is 4.42 Å². The normalized spacial score (nSPS) is 10.8. The second-order valence-corrected chi connectivity index (χ2v) is 5.62. The third-order valence-corrected chi connectivity index (χ3v) is 3.83. The van der Waals surface area contributed by atoms with E-state index in [1.807, 2.05) is 18.2 Å². The van der Waals surface area contributed by atoms with E-state index in [9.17, 15) is 9.59 Å². The first-order valence-electron chi connectivity index (χ1n) is 7.79. The van der Waals surface area contributed by atoms with Gasteiger partial charge in [0, 0.05) is 10.9 Å². The molecule has 8 heteroatoms. The second-order valence-electron chi connectivity index (χ2n) is 5.62. The summed E-state index contributed by atoms with van der Waals surface area (Å²) in [5.74, 6) is -0.244. The van der Waals surface area contributed by atoms with Gasteiger partial charge in [-0.3, -0.25) is 10.1 Å². The van der Waals surface area contributed by atoms with E-state index < -0.39 is 5.63 Å². The minimum atomic E-state index is -0.426. The molecule has 0 aliphatic carbocycles. The lowest BCUT2D eigenvalue weighted by Crippen LogP contribution is -2.13. The molecule has 2 aromatic heterocycles. The summed E-state index contributed by atoms with van der Waals surface area (Å²) in [6.45, 7) is 0. The van der Waals surface area contributed by atoms with Crippen molar-refractivity contribution in [3.05, 3.63) is 70.6 Å². The van der Waals surface area contributed by atoms with E-state index in [2.05, 4.69) is 20.7 Å². The molecule has 0 atom stereocenters. The molecule has 1 N–H and O–H groups in total. The van der Waals surface area contributed by atoms with Crippen LogP contribution >= 0.6 is 0 Å². The predicted molar refractivity (Wildman–Crippen MR) is 94.7 cm³/mol. The van der Waals surface area contributed by atoms with Gasteiger partial charge in [-0.1, -0.05) is 35.4 Å². The number of rotatable bonds is 3. The topological polar surface area (TPSA) is 103 Å². The Kier molecular flexibility index (Phi) is 3.77. The summed E-state index contributed by atoms with van der Waals surface area (Å²) in [6, 6.07) is 15.7. The van der Waals surface area contributed by atoms with Gasteiger partial charge in [-0.25, -0.2) is 4.79 Å². The molecule has 0 aliphatic rings. The number of anilines is 1. The minimum Gasteiger partial charge on any atom is -0.422 e. The molecule has 1 amide bonds. The third-order valence-electron chi connectivity index (χ3n) is 3.83. The Balaban J connectivity index is 1.62. The zero-order valence-corrected chi connectivity index (χ0v) is 13.7. The van der Waals surface area contributed by atoms with Crippen LogP contribution < -0.4 is 10.9 Å². The fourth-order valence-corrected chi connectivity index (χ4v) is 2.57. The van der Waals surface area contributed by atoms with Gasteiger partial charge in [-0.15, -0.1) is 5.10 Å². The lowest BCUT2D eigenvalue weighted by Gasteiger charge is -2.04. The van der Waals surface area contributed by atoms with E-state index in [1.165, 1.54) is 4.80 Å². The molecule has 2 aromatic carbocycles. The first-order chi connectivity index (χ1) is 12.6. The molecule has 8 nitrogen and oxygen atoms in total. The van der Waals surface area contributed by atoms with E-state index in [4.69, 9.17) is 4.42 Å². The third kappa shape index (κ3) is 2.95. The zero-order valence-electron chi connectivity index (χ0n) is 13.7. The summed E-state index contributed by atoms with van der Waals surface area (Å²) in [7, 11) is 1.60. The fraction of sp³-hybridized carbons (Fsp3) is 0.0556. The molecule has 0 spiro atoms. The van der Waals surface area contributed by atoms with Crippen molar-refractivity contribution in [2.45, 2.75) is 0 Å². The maximum Gasteiger partial charge on any atom is 0.344 e. The monoisotopic (exact) mass is 347 g/mol. The van der Waals surface area contributed by atoms with E-state index in [-0.39, 0.29) is 11.9 Å². The number of tetrazole rings is 1. The van der Waals surface area contributed by atoms with Crippen molar-refractivity contribution < 1.29 is 9.21 Å². The number of aryl methyl sites for hydroxylation is 1. The van der Waals surface area contributed by atoms with E-state index in [1.54, 1.807) is 43.4 Å². The first-order valence-corrected chi connectivity index (χ1v) is 7.79. The summed E-state index contributed by atoms with van der Waals surface area (Å²) in [6.07, 6.45) is 0. The van der Waals surface area contributed by atoms with Crippen LogP contribution in [0.5, 0.6) is 0 Å². The second kappa shape index (κ2) is 6.25. The number of hydrogen-bond donors (Lipinski definition) is 1. The van der Waals surface area contributed by atoms with Crippen LogP contribution in [-0.4, -0.2) is 26.1 Å². The SMILES string of the molecule is Cn1nnc(NC(=O)c2ccc(-c3cc4ccccc4oc3=O)cc2)n1. The molecule has 26 heavy (non-hydrogen) atoms. The highest BCUT2D eigenvalue weighted by Gasteiger charge is 2.11. The van der Waals surface area contributed by atoms with Crippen molar-refractivity contribution in [1.29, 1.82) is 0 Å². The number of fused-ring (bicyclic) bond motifs is 1. The lowest BCUT2D eigenvalue weighted by molar-refractivity contribution is 0.102. The van der Waals surface area contributed by atoms with E-state index in [0.717, 1.165) is 5.39 Å². The van der Waals surface area contributed by atoms with Gasteiger partial charge in [0.1, 0.15) is 5.58 Å². The van der Waals surface area contributed by atoms with Gasteiger partial charge in [-0.2, -0.15) is 4.80 Å². The molecular formula is C18H13N5O3. The van der Waals surface area contributed by atoms with Crippen molar-refractivity contribution in [2.24, 2.45) is 7.05 Å². The minimum absolute atomic E-state index is 0.122. The summed E-state index contributed by atoms with van der Waals surface area (Å²) in [5, 5.41) is 14.6. The number of nitrogens with zero attached hydrogens (tertiary/aromatic N) is 4. The Morgan fingerprint density at radius 2 is 1.88 bits per heavy atom. The summed E-state index contributed by atoms with van der Waals surface area (Å²) >= 11 is 0. The number of aromatic nitrogens is 4. The Morgan fingerprint density at radius 3 is 2.62 bits per heavy atom. The van der Waals surface area contributed by atoms with Crippen LogP contribution in [0.25, 0.3) is 22.1 Å². The number of para-hydroxylation sites is 1. The van der Waals surface area contributed by atoms with Crippen LogP contribution in [0.1, 0.15) is 10.4 Å². The summed E-state index contributed by atoms with van der Waals surface area (Å²) < 4.78 is 5.35. The lowest BCUT2D eigenvalue weighted by atomic mass is 10.0. The van der Waals surface area contributed by atoms with Crippen LogP contribution in [0.3, 0.4) is 0 Å². The molecule has 0 unspecified atom stereocenters. The molecule has 0 saturated carbocycles. The van der Waals surface area contributed by atoms with Crippen molar-refractivity contribution in [2.75, 3.05) is 5.32 Å². The van der Waals surface area contributed by atoms with E-state index >= 15 is 0 Å². The molecule has 0 aliphatic heterocycles. The molecule has 0 radical (unpaired) electrons. The number of hydrogen-bond acceptors (Lipinski definition) is 6. The largest absolute Gasteiger partial charge is 0.422 e. The summed E-state index contributed by atoms with van der Waals surface area (Å²) in [5.41, 5.74) is 1.62. The van der Waals surface area contributed by atoms with Gasteiger partial charge in [0.05, 0.1) is 12.6 Å². The van der Waals surface area contributed by atoms with Gasteiger partial charge in [0.25, 0.3) is 11.9 Å². The molecule has 4 rings (SSSR count). The number of benzene rings is 2. The van der Waals surface area contributed by atoms with Crippen molar-refractivity contribution in [3.8, 4) is 11.1 Å². The number of nitrogens with one attached hydrogen (secondary N) is 1. The van der Waals surface area contributed by atoms with E-state index in [0.29, 0.717) is 22.3 Å². The molecule has 4 aromatic rings. The van der Waals surface area contributed by atoms with Gasteiger partial charge in [0.2, 0.25) is 0 Å². The van der Waals surface area contributed by atoms with Crippen molar-refractivity contribution in [1.82, 2.24) is 20.2 Å². The molecule has 128 valence electrons. The standard InChI is InChI=1S/C18H13N5O3/c1-23-21-18(20-22-23)19-16(24)12-8-6-11(7-9-12)14-10-13-4-2-3-5-15(13)26-17(14)25/h2-10H,1H3,(H,19,21,24). The molecule has 2 heterocycles. The van der Waals surface area contributed by atoms with Crippen molar-refractivity contribution >= 4 is 22.8 Å². The Labute approximate surface area is 147 Å². The first kappa shape index (κ1) is 15.7. The maximum atomic E-state index is 12.2. The van der Waals surface area contributed by atoms with Gasteiger partial charge in [-0.05, 0) is 35.0 Å². The highest BCUT2D eigenvalue weighted by molar-refractivity contribution is 6.03. The molecular weight excluding hydrogens is 334 g/mol. The summed E-state index contributed by atoms with van der Waals surface area (Å²) in [4.78, 5) is 25.7. The molecule has 0 fully saturated rings. The van der Waals surface area contributed by atoms with Crippen LogP contribution in [0.2, 0.25) is 0 Å². The Morgan fingerprint density at radius 1 is 1.12 bits per heavy atom. The molecule has 0 bridgehead atoms. The van der Waals surface area contributed by atoms with Crippen LogP contribution in [0.4, 0.5) is 5.95 Å². The zero-order chi connectivity index (χ0) is 18.1. The predicted octanol–water partition coefficient (Wildman–Crippen LogP) is 2.24. The average molecular weight is 347 g/mol. The fourth-order valence-electron chi connectivity index (χ4n) is 2.57. The van der Waals surface area contributed by atoms with Crippen LogP contribution in [0.15, 0.2) is 63.8 Å². The number of carbonyl (C=O) groups excluding carboxylic acids is 1. The quantitative estimate of drug-likeness (QED) is 0.570. The van der Waals surface area contributed by atoms with Crippen molar-refractivity contribution in [3.63, 3.8) is 0 Å². The number of amides is 1. The number of carbonyl (C=O) groups is 1. The van der Waals surface area contributed by atoms with Gasteiger partial charge in [0.15, 0.2) is 0 Å². The smallest absolute Gasteiger partial charge is 0.344 e. The van der Waals surface area contributed by atoms with Crippen LogP contribution in [-0.2, 0) is 7.05 Å². The maximum absolute atomic E-state index is 12.2. The Hall–Kier alpha value is -3.81. The molecule has 0 saturated heterocycles.